The number of nitrogens with one attached hydrogen (secondary N) is 2. The van der Waals surface area contributed by atoms with Gasteiger partial charge in [0.05, 0.1) is 0 Å². The number of hydrogen-bond acceptors (Lipinski definition) is 2. The average Bonchev–Trinajstić information content (AvgIpc) is 3.15. The van der Waals surface area contributed by atoms with Crippen molar-refractivity contribution in [1.82, 2.24) is 0 Å². The number of anilines is 2. The van der Waals surface area contributed by atoms with Crippen LogP contribution in [0, 0.1) is 11.8 Å². The van der Waals surface area contributed by atoms with Crippen LogP contribution in [-0.2, 0) is 4.79 Å². The van der Waals surface area contributed by atoms with E-state index in [-0.39, 0.29) is 11.8 Å². The normalized spacial score (nSPS) is 26.2. The van der Waals surface area contributed by atoms with Crippen molar-refractivity contribution in [1.29, 1.82) is 0 Å². The van der Waals surface area contributed by atoms with Crippen LogP contribution < -0.4 is 10.6 Å². The van der Waals surface area contributed by atoms with Gasteiger partial charge in [-0.15, -0.1) is 0 Å². The van der Waals surface area contributed by atoms with Gasteiger partial charge < -0.3 is 10.6 Å². The van der Waals surface area contributed by atoms with Crippen molar-refractivity contribution in [2.75, 3.05) is 10.6 Å². The predicted molar refractivity (Wildman–Crippen MR) is 78.2 cm³/mol. The highest BCUT2D eigenvalue weighted by molar-refractivity contribution is 5.94. The molecule has 1 aromatic rings. The Morgan fingerprint density at radius 3 is 2.63 bits per heavy atom. The Morgan fingerprint density at radius 1 is 1.16 bits per heavy atom. The van der Waals surface area contributed by atoms with Gasteiger partial charge in [-0.25, -0.2) is 0 Å². The summed E-state index contributed by atoms with van der Waals surface area (Å²) in [5, 5.41) is 6.58. The van der Waals surface area contributed by atoms with E-state index in [4.69, 9.17) is 0 Å². The molecule has 3 nitrogen and oxygen atoms in total. The van der Waals surface area contributed by atoms with Crippen molar-refractivity contribution in [2.45, 2.75) is 45.1 Å². The molecule has 2 N–H and O–H groups in total. The Hall–Kier alpha value is -1.51. The van der Waals surface area contributed by atoms with Gasteiger partial charge in [-0.05, 0) is 56.2 Å². The Morgan fingerprint density at radius 2 is 1.95 bits per heavy atom. The molecular formula is C16H22N2O. The Kier molecular flexibility index (Phi) is 3.45. The third kappa shape index (κ3) is 3.28. The zero-order valence-corrected chi connectivity index (χ0v) is 11.5. The molecule has 2 aliphatic rings. The minimum Gasteiger partial charge on any atom is -0.382 e. The molecule has 0 spiro atoms. The molecule has 0 saturated heterocycles. The SMILES string of the molecule is CC1CCC(Nc2cccc(NC(=O)C3CC3)c2)C1. The number of benzene rings is 1. The van der Waals surface area contributed by atoms with Crippen molar-refractivity contribution in [2.24, 2.45) is 11.8 Å². The molecule has 2 unspecified atom stereocenters. The quantitative estimate of drug-likeness (QED) is 0.865. The van der Waals surface area contributed by atoms with Gasteiger partial charge in [0.15, 0.2) is 0 Å². The fourth-order valence-corrected chi connectivity index (χ4v) is 2.85. The second-order valence-corrected chi connectivity index (χ2v) is 6.10. The maximum absolute atomic E-state index is 11.7. The van der Waals surface area contributed by atoms with E-state index in [2.05, 4.69) is 23.6 Å². The van der Waals surface area contributed by atoms with E-state index in [9.17, 15) is 4.79 Å². The van der Waals surface area contributed by atoms with Gasteiger partial charge in [0.25, 0.3) is 0 Å². The molecule has 0 aliphatic heterocycles. The molecular weight excluding hydrogens is 236 g/mol. The molecule has 19 heavy (non-hydrogen) atoms. The van der Waals surface area contributed by atoms with Crippen molar-refractivity contribution >= 4 is 17.3 Å². The molecule has 2 fully saturated rings. The highest BCUT2D eigenvalue weighted by Crippen LogP contribution is 2.31. The molecule has 3 rings (SSSR count). The van der Waals surface area contributed by atoms with Gasteiger partial charge in [0, 0.05) is 23.3 Å². The lowest BCUT2D eigenvalue weighted by Gasteiger charge is -2.15. The van der Waals surface area contributed by atoms with Gasteiger partial charge in [-0.3, -0.25) is 4.79 Å². The number of carbonyl (C=O) groups is 1. The standard InChI is InChI=1S/C16H22N2O/c1-11-5-8-15(9-11)17-13-3-2-4-14(10-13)18-16(19)12-6-7-12/h2-4,10-12,15,17H,5-9H2,1H3,(H,18,19). The Balaban J connectivity index is 1.60. The summed E-state index contributed by atoms with van der Waals surface area (Å²) in [7, 11) is 0. The molecule has 2 saturated carbocycles. The number of amides is 1. The highest BCUT2D eigenvalue weighted by atomic mass is 16.2. The molecule has 2 aliphatic carbocycles. The van der Waals surface area contributed by atoms with E-state index in [1.54, 1.807) is 0 Å². The van der Waals surface area contributed by atoms with Crippen LogP contribution in [0.5, 0.6) is 0 Å². The van der Waals surface area contributed by atoms with Crippen LogP contribution in [0.4, 0.5) is 11.4 Å². The van der Waals surface area contributed by atoms with Crippen molar-refractivity contribution in [3.8, 4) is 0 Å². The van der Waals surface area contributed by atoms with Crippen molar-refractivity contribution in [3.05, 3.63) is 24.3 Å². The lowest BCUT2D eigenvalue weighted by Crippen LogP contribution is -2.16. The van der Waals surface area contributed by atoms with E-state index in [1.165, 1.54) is 19.3 Å². The van der Waals surface area contributed by atoms with Crippen LogP contribution in [0.1, 0.15) is 39.0 Å². The van der Waals surface area contributed by atoms with Crippen LogP contribution in [0.3, 0.4) is 0 Å². The molecule has 0 heterocycles. The third-order valence-electron chi connectivity index (χ3n) is 4.14. The van der Waals surface area contributed by atoms with Gasteiger partial charge in [-0.1, -0.05) is 13.0 Å². The van der Waals surface area contributed by atoms with Crippen LogP contribution in [0.2, 0.25) is 0 Å². The third-order valence-corrected chi connectivity index (χ3v) is 4.14. The summed E-state index contributed by atoms with van der Waals surface area (Å²) in [5.74, 6) is 1.26. The molecule has 1 aromatic carbocycles. The lowest BCUT2D eigenvalue weighted by molar-refractivity contribution is -0.117. The second kappa shape index (κ2) is 5.24. The van der Waals surface area contributed by atoms with Crippen molar-refractivity contribution < 1.29 is 4.79 Å². The summed E-state index contributed by atoms with van der Waals surface area (Å²) in [5.41, 5.74) is 2.03. The van der Waals surface area contributed by atoms with Gasteiger partial charge in [0.1, 0.15) is 0 Å². The summed E-state index contributed by atoms with van der Waals surface area (Å²) in [6.45, 7) is 2.31. The van der Waals surface area contributed by atoms with E-state index in [1.807, 2.05) is 18.2 Å². The second-order valence-electron chi connectivity index (χ2n) is 6.10. The number of carbonyl (C=O) groups excluding carboxylic acids is 1. The Bertz CT molecular complexity index is 468. The van der Waals surface area contributed by atoms with Gasteiger partial charge in [-0.2, -0.15) is 0 Å². The predicted octanol–water partition coefficient (Wildman–Crippen LogP) is 3.64. The molecule has 2 atom stereocenters. The summed E-state index contributed by atoms with van der Waals surface area (Å²) >= 11 is 0. The molecule has 0 bridgehead atoms. The van der Waals surface area contributed by atoms with E-state index in [0.29, 0.717) is 6.04 Å². The molecule has 0 radical (unpaired) electrons. The number of rotatable bonds is 4. The van der Waals surface area contributed by atoms with Crippen LogP contribution in [0.15, 0.2) is 24.3 Å². The number of hydrogen-bond donors (Lipinski definition) is 2. The first-order valence-corrected chi connectivity index (χ1v) is 7.38. The molecule has 1 amide bonds. The molecule has 3 heteroatoms. The summed E-state index contributed by atoms with van der Waals surface area (Å²) in [6.07, 6.45) is 5.90. The summed E-state index contributed by atoms with van der Waals surface area (Å²) in [6, 6.07) is 8.68. The van der Waals surface area contributed by atoms with E-state index in [0.717, 1.165) is 30.1 Å². The first-order chi connectivity index (χ1) is 9.20. The molecule has 102 valence electrons. The first-order valence-electron chi connectivity index (χ1n) is 7.38. The van der Waals surface area contributed by atoms with E-state index < -0.39 is 0 Å². The van der Waals surface area contributed by atoms with Crippen LogP contribution in [0.25, 0.3) is 0 Å². The smallest absolute Gasteiger partial charge is 0.227 e. The largest absolute Gasteiger partial charge is 0.382 e. The maximum atomic E-state index is 11.7. The molecule has 0 aromatic heterocycles. The first kappa shape index (κ1) is 12.5. The highest BCUT2D eigenvalue weighted by Gasteiger charge is 2.29. The zero-order chi connectivity index (χ0) is 13.2. The fourth-order valence-electron chi connectivity index (χ4n) is 2.85. The van der Waals surface area contributed by atoms with E-state index >= 15 is 0 Å². The average molecular weight is 258 g/mol. The maximum Gasteiger partial charge on any atom is 0.227 e. The van der Waals surface area contributed by atoms with Gasteiger partial charge >= 0.3 is 0 Å². The summed E-state index contributed by atoms with van der Waals surface area (Å²) in [4.78, 5) is 11.7. The fraction of sp³-hybridized carbons (Fsp3) is 0.562. The van der Waals surface area contributed by atoms with Crippen molar-refractivity contribution in [3.63, 3.8) is 0 Å². The lowest BCUT2D eigenvalue weighted by atomic mass is 10.1. The van der Waals surface area contributed by atoms with Crippen LogP contribution in [-0.4, -0.2) is 11.9 Å². The zero-order valence-electron chi connectivity index (χ0n) is 11.5. The topological polar surface area (TPSA) is 41.1 Å². The summed E-state index contributed by atoms with van der Waals surface area (Å²) < 4.78 is 0. The van der Waals surface area contributed by atoms with Crippen LogP contribution >= 0.6 is 0 Å². The minimum absolute atomic E-state index is 0.173. The Labute approximate surface area is 114 Å². The minimum atomic E-state index is 0.173. The monoisotopic (exact) mass is 258 g/mol. The van der Waals surface area contributed by atoms with Gasteiger partial charge in [0.2, 0.25) is 5.91 Å².